The Bertz CT molecular complexity index is 190. The third kappa shape index (κ3) is 8.46. The van der Waals surface area contributed by atoms with Crippen LogP contribution in [0.15, 0.2) is 11.6 Å². The van der Waals surface area contributed by atoms with Gasteiger partial charge >= 0.3 is 0 Å². The van der Waals surface area contributed by atoms with Crippen LogP contribution in [0.25, 0.3) is 0 Å². The standard InChI is InChI=1S/C17H32/c1-2-3-4-5-6-8-11-14-17-15-12-9-7-10-13-16-17/h15H,2-14,16H2,1H3. The molecule has 0 N–H and O–H groups in total. The molecule has 1 rings (SSSR count). The van der Waals surface area contributed by atoms with Gasteiger partial charge in [-0.05, 0) is 38.5 Å². The highest BCUT2D eigenvalue weighted by molar-refractivity contribution is 5.02. The topological polar surface area (TPSA) is 0 Å². The highest BCUT2D eigenvalue weighted by atomic mass is 14.1. The van der Waals surface area contributed by atoms with Crippen LogP contribution >= 0.6 is 0 Å². The van der Waals surface area contributed by atoms with Crippen LogP contribution in [-0.2, 0) is 0 Å². The number of hydrogen-bond acceptors (Lipinski definition) is 0. The highest BCUT2D eigenvalue weighted by Gasteiger charge is 2.01. The molecule has 1 aliphatic rings. The Hall–Kier alpha value is -0.260. The van der Waals surface area contributed by atoms with Gasteiger partial charge < -0.3 is 0 Å². The fourth-order valence-corrected chi connectivity index (χ4v) is 2.79. The van der Waals surface area contributed by atoms with Gasteiger partial charge in [0, 0.05) is 0 Å². The molecule has 0 aromatic rings. The van der Waals surface area contributed by atoms with Gasteiger partial charge in [0.1, 0.15) is 0 Å². The lowest BCUT2D eigenvalue weighted by atomic mass is 9.96. The first kappa shape index (κ1) is 14.8. The van der Waals surface area contributed by atoms with Crippen LogP contribution in [-0.4, -0.2) is 0 Å². The summed E-state index contributed by atoms with van der Waals surface area (Å²) in [5.41, 5.74) is 1.78. The van der Waals surface area contributed by atoms with E-state index in [1.54, 1.807) is 5.57 Å². The Kier molecular flexibility index (Phi) is 9.46. The average molecular weight is 236 g/mol. The van der Waals surface area contributed by atoms with Gasteiger partial charge in [-0.3, -0.25) is 0 Å². The van der Waals surface area contributed by atoms with E-state index in [1.807, 2.05) is 0 Å². The van der Waals surface area contributed by atoms with Gasteiger partial charge in [-0.2, -0.15) is 0 Å². The number of rotatable bonds is 8. The molecule has 0 atom stereocenters. The molecule has 0 spiro atoms. The molecule has 0 amide bonds. The van der Waals surface area contributed by atoms with E-state index in [1.165, 1.54) is 89.9 Å². The molecular formula is C17H32. The molecule has 0 aromatic heterocycles. The summed E-state index contributed by atoms with van der Waals surface area (Å²) in [5, 5.41) is 0. The zero-order valence-electron chi connectivity index (χ0n) is 12.0. The monoisotopic (exact) mass is 236 g/mol. The summed E-state index contributed by atoms with van der Waals surface area (Å²) >= 11 is 0. The second-order valence-corrected chi connectivity index (χ2v) is 5.69. The number of hydrogen-bond donors (Lipinski definition) is 0. The lowest BCUT2D eigenvalue weighted by Crippen LogP contribution is -1.91. The van der Waals surface area contributed by atoms with E-state index in [9.17, 15) is 0 Å². The summed E-state index contributed by atoms with van der Waals surface area (Å²) < 4.78 is 0. The Morgan fingerprint density at radius 1 is 0.824 bits per heavy atom. The SMILES string of the molecule is CCCCCCCCCC1=CCCCCCC1. The first-order valence-corrected chi connectivity index (χ1v) is 8.11. The molecule has 0 heterocycles. The predicted octanol–water partition coefficient (Wildman–Crippen LogP) is 6.41. The van der Waals surface area contributed by atoms with Crippen molar-refractivity contribution in [2.45, 2.75) is 96.8 Å². The normalized spacial score (nSPS) is 17.4. The van der Waals surface area contributed by atoms with Gasteiger partial charge in [-0.25, -0.2) is 0 Å². The van der Waals surface area contributed by atoms with E-state index in [0.717, 1.165) is 0 Å². The predicted molar refractivity (Wildman–Crippen MR) is 78.4 cm³/mol. The fraction of sp³-hybridized carbons (Fsp3) is 0.882. The summed E-state index contributed by atoms with van der Waals surface area (Å²) in [5.74, 6) is 0. The van der Waals surface area contributed by atoms with Crippen LogP contribution in [0.3, 0.4) is 0 Å². The molecule has 0 fully saturated rings. The van der Waals surface area contributed by atoms with Gasteiger partial charge in [-0.1, -0.05) is 69.9 Å². The van der Waals surface area contributed by atoms with E-state index in [-0.39, 0.29) is 0 Å². The lowest BCUT2D eigenvalue weighted by molar-refractivity contribution is 0.572. The van der Waals surface area contributed by atoms with Crippen molar-refractivity contribution in [2.24, 2.45) is 0 Å². The van der Waals surface area contributed by atoms with E-state index in [2.05, 4.69) is 13.0 Å². The summed E-state index contributed by atoms with van der Waals surface area (Å²) in [6, 6.07) is 0. The first-order chi connectivity index (χ1) is 8.43. The highest BCUT2D eigenvalue weighted by Crippen LogP contribution is 2.21. The summed E-state index contributed by atoms with van der Waals surface area (Å²) in [6.45, 7) is 2.29. The van der Waals surface area contributed by atoms with Crippen LogP contribution in [0.5, 0.6) is 0 Å². The van der Waals surface area contributed by atoms with Gasteiger partial charge in [0.2, 0.25) is 0 Å². The van der Waals surface area contributed by atoms with Crippen molar-refractivity contribution in [3.05, 3.63) is 11.6 Å². The summed E-state index contributed by atoms with van der Waals surface area (Å²) in [6.07, 6.45) is 22.6. The van der Waals surface area contributed by atoms with Gasteiger partial charge in [0.25, 0.3) is 0 Å². The fourth-order valence-electron chi connectivity index (χ4n) is 2.79. The molecule has 0 saturated carbocycles. The molecule has 0 aliphatic heterocycles. The maximum Gasteiger partial charge on any atom is -0.0320 e. The molecule has 17 heavy (non-hydrogen) atoms. The van der Waals surface area contributed by atoms with Crippen molar-refractivity contribution in [1.29, 1.82) is 0 Å². The first-order valence-electron chi connectivity index (χ1n) is 8.11. The summed E-state index contributed by atoms with van der Waals surface area (Å²) in [7, 11) is 0. The molecule has 1 aliphatic carbocycles. The molecule has 0 saturated heterocycles. The zero-order chi connectivity index (χ0) is 12.2. The molecule has 0 nitrogen and oxygen atoms in total. The number of unbranched alkanes of at least 4 members (excludes halogenated alkanes) is 6. The Balaban J connectivity index is 1.97. The van der Waals surface area contributed by atoms with E-state index in [4.69, 9.17) is 0 Å². The van der Waals surface area contributed by atoms with Crippen LogP contribution < -0.4 is 0 Å². The second-order valence-electron chi connectivity index (χ2n) is 5.69. The third-order valence-electron chi connectivity index (χ3n) is 3.99. The Morgan fingerprint density at radius 2 is 1.53 bits per heavy atom. The maximum absolute atomic E-state index is 2.55. The van der Waals surface area contributed by atoms with E-state index < -0.39 is 0 Å². The zero-order valence-corrected chi connectivity index (χ0v) is 12.0. The van der Waals surface area contributed by atoms with Crippen molar-refractivity contribution < 1.29 is 0 Å². The minimum Gasteiger partial charge on any atom is -0.0853 e. The van der Waals surface area contributed by atoms with Crippen LogP contribution in [0.4, 0.5) is 0 Å². The Morgan fingerprint density at radius 3 is 2.35 bits per heavy atom. The van der Waals surface area contributed by atoms with Gasteiger partial charge in [0.15, 0.2) is 0 Å². The molecular weight excluding hydrogens is 204 g/mol. The van der Waals surface area contributed by atoms with Crippen LogP contribution in [0, 0.1) is 0 Å². The maximum atomic E-state index is 2.55. The third-order valence-corrected chi connectivity index (χ3v) is 3.99. The molecule has 0 unspecified atom stereocenters. The molecule has 0 bridgehead atoms. The van der Waals surface area contributed by atoms with Crippen LogP contribution in [0.2, 0.25) is 0 Å². The Labute approximate surface area is 109 Å². The smallest absolute Gasteiger partial charge is 0.0320 e. The van der Waals surface area contributed by atoms with Crippen molar-refractivity contribution >= 4 is 0 Å². The molecule has 0 aromatic carbocycles. The second kappa shape index (κ2) is 10.9. The summed E-state index contributed by atoms with van der Waals surface area (Å²) in [4.78, 5) is 0. The van der Waals surface area contributed by atoms with Crippen molar-refractivity contribution in [2.75, 3.05) is 0 Å². The lowest BCUT2D eigenvalue weighted by Gasteiger charge is -2.11. The quantitative estimate of drug-likeness (QED) is 0.337. The van der Waals surface area contributed by atoms with Crippen LogP contribution in [0.1, 0.15) is 96.8 Å². The number of allylic oxidation sites excluding steroid dienone is 2. The minimum atomic E-state index is 1.35. The molecule has 0 radical (unpaired) electrons. The minimum absolute atomic E-state index is 1.35. The largest absolute Gasteiger partial charge is 0.0853 e. The average Bonchev–Trinajstić information content (AvgIpc) is 2.30. The van der Waals surface area contributed by atoms with Crippen molar-refractivity contribution in [3.63, 3.8) is 0 Å². The van der Waals surface area contributed by atoms with Crippen molar-refractivity contribution in [3.8, 4) is 0 Å². The van der Waals surface area contributed by atoms with Gasteiger partial charge in [0.05, 0.1) is 0 Å². The van der Waals surface area contributed by atoms with Crippen molar-refractivity contribution in [1.82, 2.24) is 0 Å². The van der Waals surface area contributed by atoms with E-state index in [0.29, 0.717) is 0 Å². The van der Waals surface area contributed by atoms with E-state index >= 15 is 0 Å². The molecule has 100 valence electrons. The van der Waals surface area contributed by atoms with Gasteiger partial charge in [-0.15, -0.1) is 0 Å². The molecule has 0 heteroatoms.